The van der Waals surface area contributed by atoms with Gasteiger partial charge in [0.05, 0.1) is 4.90 Å². The fraction of sp³-hybridized carbons (Fsp3) is 0.474. The molecule has 0 amide bonds. The number of rotatable bonds is 5. The highest BCUT2D eigenvalue weighted by Gasteiger charge is 2.18. The van der Waals surface area contributed by atoms with E-state index in [-0.39, 0.29) is 6.04 Å². The molecular weight excluding hydrogens is 348 g/mol. The molecule has 1 aliphatic heterocycles. The highest BCUT2D eigenvalue weighted by Crippen LogP contribution is 2.26. The van der Waals surface area contributed by atoms with E-state index in [9.17, 15) is 8.42 Å². The second-order valence-corrected chi connectivity index (χ2v) is 8.97. The zero-order chi connectivity index (χ0) is 18.7. The molecule has 2 heterocycles. The number of hydrogen-bond acceptors (Lipinski definition) is 6. The number of anilines is 1. The van der Waals surface area contributed by atoms with Crippen LogP contribution in [-0.4, -0.2) is 37.7 Å². The lowest BCUT2D eigenvalue weighted by atomic mass is 9.94. The van der Waals surface area contributed by atoms with Crippen molar-refractivity contribution in [2.75, 3.05) is 24.7 Å². The minimum atomic E-state index is -3.17. The maximum Gasteiger partial charge on any atom is 0.175 e. The number of hydrogen-bond donors (Lipinski definition) is 2. The summed E-state index contributed by atoms with van der Waals surface area (Å²) in [6, 6.07) is 9.04. The van der Waals surface area contributed by atoms with Gasteiger partial charge < -0.3 is 10.6 Å². The second kappa shape index (κ2) is 7.72. The third-order valence-electron chi connectivity index (χ3n) is 4.79. The molecule has 6 nitrogen and oxygen atoms in total. The Kier molecular flexibility index (Phi) is 5.58. The molecule has 0 saturated carbocycles. The molecule has 3 rings (SSSR count). The van der Waals surface area contributed by atoms with Crippen molar-refractivity contribution in [3.05, 3.63) is 47.4 Å². The molecule has 7 heteroatoms. The van der Waals surface area contributed by atoms with Crippen LogP contribution >= 0.6 is 0 Å². The summed E-state index contributed by atoms with van der Waals surface area (Å²) in [4.78, 5) is 9.48. The van der Waals surface area contributed by atoms with Crippen molar-refractivity contribution >= 4 is 15.7 Å². The molecule has 140 valence electrons. The SMILES string of the molecule is Cc1nc(NC(C)c2ccc(S(C)(=O)=O)cc2)cc(C2CCNCC2)n1. The van der Waals surface area contributed by atoms with E-state index in [1.807, 2.05) is 32.0 Å². The number of benzene rings is 1. The van der Waals surface area contributed by atoms with Crippen LogP contribution in [0.5, 0.6) is 0 Å². The fourth-order valence-electron chi connectivity index (χ4n) is 3.30. The van der Waals surface area contributed by atoms with Crippen LogP contribution in [-0.2, 0) is 9.84 Å². The molecule has 1 fully saturated rings. The third kappa shape index (κ3) is 4.59. The highest BCUT2D eigenvalue weighted by atomic mass is 32.2. The van der Waals surface area contributed by atoms with Crippen LogP contribution in [0.15, 0.2) is 35.2 Å². The van der Waals surface area contributed by atoms with Gasteiger partial charge in [-0.15, -0.1) is 0 Å². The number of nitrogens with zero attached hydrogens (tertiary/aromatic N) is 2. The summed E-state index contributed by atoms with van der Waals surface area (Å²) in [5.74, 6) is 2.05. The molecule has 1 unspecified atom stereocenters. The zero-order valence-electron chi connectivity index (χ0n) is 15.5. The van der Waals surface area contributed by atoms with Crippen LogP contribution in [0, 0.1) is 6.92 Å². The summed E-state index contributed by atoms with van der Waals surface area (Å²) in [5.41, 5.74) is 2.11. The van der Waals surface area contributed by atoms with E-state index in [1.54, 1.807) is 12.1 Å². The first-order valence-corrected chi connectivity index (χ1v) is 10.8. The molecule has 1 atom stereocenters. The molecule has 0 bridgehead atoms. The van der Waals surface area contributed by atoms with Crippen molar-refractivity contribution in [1.82, 2.24) is 15.3 Å². The summed E-state index contributed by atoms with van der Waals surface area (Å²) >= 11 is 0. The van der Waals surface area contributed by atoms with Gasteiger partial charge in [-0.05, 0) is 57.5 Å². The van der Waals surface area contributed by atoms with Crippen molar-refractivity contribution in [3.8, 4) is 0 Å². The monoisotopic (exact) mass is 374 g/mol. The lowest BCUT2D eigenvalue weighted by Gasteiger charge is -2.23. The Balaban J connectivity index is 1.76. The first kappa shape index (κ1) is 18.8. The molecule has 26 heavy (non-hydrogen) atoms. The normalized spacial score (nSPS) is 17.0. The molecular formula is C19H26N4O2S. The van der Waals surface area contributed by atoms with Crippen LogP contribution in [0.4, 0.5) is 5.82 Å². The Morgan fingerprint density at radius 1 is 1.15 bits per heavy atom. The van der Waals surface area contributed by atoms with Crippen LogP contribution in [0.25, 0.3) is 0 Å². The van der Waals surface area contributed by atoms with Crippen LogP contribution in [0.3, 0.4) is 0 Å². The Morgan fingerprint density at radius 3 is 2.42 bits per heavy atom. The summed E-state index contributed by atoms with van der Waals surface area (Å²) in [7, 11) is -3.17. The first-order chi connectivity index (χ1) is 12.3. The lowest BCUT2D eigenvalue weighted by Crippen LogP contribution is -2.27. The Labute approximate surface area is 155 Å². The number of sulfone groups is 1. The average molecular weight is 375 g/mol. The lowest BCUT2D eigenvalue weighted by molar-refractivity contribution is 0.452. The number of aromatic nitrogens is 2. The van der Waals surface area contributed by atoms with Gasteiger partial charge in [-0.3, -0.25) is 0 Å². The smallest absolute Gasteiger partial charge is 0.175 e. The Morgan fingerprint density at radius 2 is 1.81 bits per heavy atom. The molecule has 1 aromatic carbocycles. The number of nitrogens with one attached hydrogen (secondary N) is 2. The average Bonchev–Trinajstić information content (AvgIpc) is 2.61. The summed E-state index contributed by atoms with van der Waals surface area (Å²) in [5, 5.41) is 6.80. The topological polar surface area (TPSA) is 84.0 Å². The minimum Gasteiger partial charge on any atom is -0.363 e. The predicted octanol–water partition coefficient (Wildman–Crippen LogP) is 2.83. The van der Waals surface area contributed by atoms with Gasteiger partial charge in [0, 0.05) is 30.0 Å². The maximum absolute atomic E-state index is 11.6. The molecule has 1 saturated heterocycles. The Hall–Kier alpha value is -1.99. The molecule has 1 aromatic heterocycles. The van der Waals surface area contributed by atoms with E-state index in [1.165, 1.54) is 6.26 Å². The molecule has 1 aliphatic rings. The summed E-state index contributed by atoms with van der Waals surface area (Å²) < 4.78 is 23.2. The first-order valence-electron chi connectivity index (χ1n) is 8.96. The van der Waals surface area contributed by atoms with Gasteiger partial charge in [-0.25, -0.2) is 18.4 Å². The third-order valence-corrected chi connectivity index (χ3v) is 5.92. The summed E-state index contributed by atoms with van der Waals surface area (Å²) in [6.07, 6.45) is 3.41. The zero-order valence-corrected chi connectivity index (χ0v) is 16.3. The largest absolute Gasteiger partial charge is 0.363 e. The number of piperidine rings is 1. The second-order valence-electron chi connectivity index (χ2n) is 6.96. The van der Waals surface area contributed by atoms with E-state index in [2.05, 4.69) is 20.6 Å². The molecule has 0 radical (unpaired) electrons. The van der Waals surface area contributed by atoms with E-state index in [0.29, 0.717) is 10.8 Å². The van der Waals surface area contributed by atoms with Crippen LogP contribution in [0.1, 0.15) is 48.8 Å². The van der Waals surface area contributed by atoms with E-state index in [0.717, 1.165) is 48.8 Å². The molecule has 0 spiro atoms. The van der Waals surface area contributed by atoms with Gasteiger partial charge in [0.25, 0.3) is 0 Å². The van der Waals surface area contributed by atoms with Gasteiger partial charge in [0.2, 0.25) is 0 Å². The van der Waals surface area contributed by atoms with Crippen molar-refractivity contribution in [1.29, 1.82) is 0 Å². The van der Waals surface area contributed by atoms with Gasteiger partial charge in [-0.1, -0.05) is 12.1 Å². The number of aryl methyl sites for hydroxylation is 1. The van der Waals surface area contributed by atoms with Gasteiger partial charge in [0.15, 0.2) is 9.84 Å². The van der Waals surface area contributed by atoms with Gasteiger partial charge >= 0.3 is 0 Å². The molecule has 2 N–H and O–H groups in total. The quantitative estimate of drug-likeness (QED) is 0.837. The summed E-state index contributed by atoms with van der Waals surface area (Å²) in [6.45, 7) is 6.01. The van der Waals surface area contributed by atoms with Crippen LogP contribution < -0.4 is 10.6 Å². The predicted molar refractivity (Wildman–Crippen MR) is 103 cm³/mol. The van der Waals surface area contributed by atoms with Crippen molar-refractivity contribution < 1.29 is 8.42 Å². The fourth-order valence-corrected chi connectivity index (χ4v) is 3.93. The van der Waals surface area contributed by atoms with E-state index in [4.69, 9.17) is 0 Å². The van der Waals surface area contributed by atoms with Crippen LogP contribution in [0.2, 0.25) is 0 Å². The van der Waals surface area contributed by atoms with E-state index >= 15 is 0 Å². The maximum atomic E-state index is 11.6. The van der Waals surface area contributed by atoms with Gasteiger partial charge in [0.1, 0.15) is 11.6 Å². The molecule has 0 aliphatic carbocycles. The van der Waals surface area contributed by atoms with Crippen molar-refractivity contribution in [3.63, 3.8) is 0 Å². The molecule has 2 aromatic rings. The standard InChI is InChI=1S/C19H26N4O2S/c1-13(15-4-6-17(7-5-15)26(3,24)25)21-19-12-18(22-14(2)23-19)16-8-10-20-11-9-16/h4-7,12-13,16,20H,8-11H2,1-3H3,(H,21,22,23). The van der Waals surface area contributed by atoms with E-state index < -0.39 is 9.84 Å². The highest BCUT2D eigenvalue weighted by molar-refractivity contribution is 7.90. The van der Waals surface area contributed by atoms with Crippen molar-refractivity contribution in [2.24, 2.45) is 0 Å². The van der Waals surface area contributed by atoms with Crippen molar-refractivity contribution in [2.45, 2.75) is 43.5 Å². The Bertz CT molecular complexity index is 860. The minimum absolute atomic E-state index is 0.0128. The van der Waals surface area contributed by atoms with Gasteiger partial charge in [-0.2, -0.15) is 0 Å².